The molecule has 0 aromatic carbocycles. The average molecular weight is 234 g/mol. The molecular weight excluding hydrogens is 216 g/mol. The lowest BCUT2D eigenvalue weighted by molar-refractivity contribution is -0.145. The van der Waals surface area contributed by atoms with Gasteiger partial charge in [0.15, 0.2) is 0 Å². The van der Waals surface area contributed by atoms with Crippen molar-refractivity contribution in [2.75, 3.05) is 0 Å². The zero-order valence-corrected chi connectivity index (χ0v) is 10.0. The number of hydrogen-bond donors (Lipinski definition) is 2. The third kappa shape index (κ3) is 1.82. The number of aliphatic carboxylic acids is 1. The number of hydrogen-bond acceptors (Lipinski definition) is 3. The minimum absolute atomic E-state index is 0.0372. The summed E-state index contributed by atoms with van der Waals surface area (Å²) in [6, 6.07) is 3.55. The molecule has 2 unspecified atom stereocenters. The Morgan fingerprint density at radius 1 is 1.71 bits per heavy atom. The van der Waals surface area contributed by atoms with Crippen LogP contribution in [0.1, 0.15) is 37.4 Å². The van der Waals surface area contributed by atoms with Gasteiger partial charge in [0.2, 0.25) is 0 Å². The van der Waals surface area contributed by atoms with Crippen LogP contribution in [0.5, 0.6) is 0 Å². The maximum absolute atomic E-state index is 11.5. The lowest BCUT2D eigenvalue weighted by atomic mass is 9.81. The van der Waals surface area contributed by atoms with Crippen molar-refractivity contribution in [3.63, 3.8) is 0 Å². The van der Waals surface area contributed by atoms with Gasteiger partial charge in [-0.2, -0.15) is 0 Å². The summed E-state index contributed by atoms with van der Waals surface area (Å²) >= 11 is 0. The number of carboxylic acids is 1. The van der Waals surface area contributed by atoms with Crippen LogP contribution in [0.25, 0.3) is 0 Å². The monoisotopic (exact) mass is 234 g/mol. The maximum Gasteiger partial charge on any atom is 0.328 e. The van der Waals surface area contributed by atoms with E-state index in [0.717, 1.165) is 25.0 Å². The third-order valence-electron chi connectivity index (χ3n) is 3.68. The highest BCUT2D eigenvalue weighted by Gasteiger charge is 2.49. The largest absolute Gasteiger partial charge is 0.480 e. The van der Waals surface area contributed by atoms with E-state index in [1.54, 1.807) is 18.3 Å². The van der Waals surface area contributed by atoms with Crippen LogP contribution < -0.4 is 5.73 Å². The standard InChI is InChI=1S/C13H18N2O2/c1-2-3-5-9-8-11-10(6-4-7-15-11)13(9,14)12(16)17/h4,6-7,9H,2-3,5,8,14H2,1H3,(H,16,17). The quantitative estimate of drug-likeness (QED) is 0.831. The number of carboxylic acid groups (broad SMARTS) is 1. The maximum atomic E-state index is 11.5. The number of nitrogens with zero attached hydrogens (tertiary/aromatic N) is 1. The van der Waals surface area contributed by atoms with Crippen LogP contribution in [-0.4, -0.2) is 16.1 Å². The molecule has 0 bridgehead atoms. The number of rotatable bonds is 4. The second-order valence-electron chi connectivity index (χ2n) is 4.72. The number of carbonyl (C=O) groups is 1. The minimum Gasteiger partial charge on any atom is -0.480 e. The summed E-state index contributed by atoms with van der Waals surface area (Å²) in [6.07, 6.45) is 5.28. The molecule has 0 spiro atoms. The number of aromatic nitrogens is 1. The molecule has 2 atom stereocenters. The van der Waals surface area contributed by atoms with Gasteiger partial charge in [0.1, 0.15) is 5.54 Å². The molecule has 0 saturated carbocycles. The van der Waals surface area contributed by atoms with Crippen LogP contribution in [0, 0.1) is 5.92 Å². The van der Waals surface area contributed by atoms with Crippen LogP contribution in [0.3, 0.4) is 0 Å². The van der Waals surface area contributed by atoms with E-state index in [0.29, 0.717) is 12.0 Å². The molecule has 0 amide bonds. The van der Waals surface area contributed by atoms with Crippen molar-refractivity contribution in [2.45, 2.75) is 38.1 Å². The van der Waals surface area contributed by atoms with Gasteiger partial charge < -0.3 is 10.8 Å². The van der Waals surface area contributed by atoms with E-state index < -0.39 is 11.5 Å². The van der Waals surface area contributed by atoms with Crippen molar-refractivity contribution < 1.29 is 9.90 Å². The lowest BCUT2D eigenvalue weighted by Gasteiger charge is -2.27. The minimum atomic E-state index is -1.25. The van der Waals surface area contributed by atoms with E-state index in [1.807, 2.05) is 0 Å². The van der Waals surface area contributed by atoms with E-state index in [4.69, 9.17) is 5.73 Å². The van der Waals surface area contributed by atoms with Gasteiger partial charge in [-0.05, 0) is 24.8 Å². The van der Waals surface area contributed by atoms with Crippen LogP contribution in [0.2, 0.25) is 0 Å². The van der Waals surface area contributed by atoms with E-state index >= 15 is 0 Å². The molecule has 17 heavy (non-hydrogen) atoms. The van der Waals surface area contributed by atoms with Gasteiger partial charge in [-0.25, -0.2) is 4.79 Å². The van der Waals surface area contributed by atoms with Crippen LogP contribution in [0.4, 0.5) is 0 Å². The predicted molar refractivity (Wildman–Crippen MR) is 64.5 cm³/mol. The van der Waals surface area contributed by atoms with Crippen molar-refractivity contribution in [1.82, 2.24) is 4.98 Å². The highest BCUT2D eigenvalue weighted by atomic mass is 16.4. The van der Waals surface area contributed by atoms with Gasteiger partial charge >= 0.3 is 5.97 Å². The summed E-state index contributed by atoms with van der Waals surface area (Å²) in [6.45, 7) is 2.10. The molecule has 3 N–H and O–H groups in total. The van der Waals surface area contributed by atoms with Gasteiger partial charge in [-0.1, -0.05) is 25.8 Å². The van der Waals surface area contributed by atoms with Crippen LogP contribution in [-0.2, 0) is 16.8 Å². The number of nitrogens with two attached hydrogens (primary N) is 1. The number of pyridine rings is 1. The average Bonchev–Trinajstić information content (AvgIpc) is 2.62. The molecule has 4 heteroatoms. The molecular formula is C13H18N2O2. The molecule has 0 radical (unpaired) electrons. The Morgan fingerprint density at radius 2 is 2.47 bits per heavy atom. The van der Waals surface area contributed by atoms with Gasteiger partial charge in [-0.3, -0.25) is 4.98 Å². The Kier molecular flexibility index (Phi) is 3.15. The SMILES string of the molecule is CCCCC1Cc2ncccc2C1(N)C(=O)O. The van der Waals surface area contributed by atoms with E-state index in [1.165, 1.54) is 0 Å². The molecule has 1 aromatic rings. The van der Waals surface area contributed by atoms with E-state index in [-0.39, 0.29) is 5.92 Å². The Morgan fingerprint density at radius 3 is 3.12 bits per heavy atom. The Bertz CT molecular complexity index is 433. The van der Waals surface area contributed by atoms with Crippen molar-refractivity contribution >= 4 is 5.97 Å². The highest BCUT2D eigenvalue weighted by molar-refractivity contribution is 5.82. The van der Waals surface area contributed by atoms with Crippen LogP contribution >= 0.6 is 0 Å². The molecule has 92 valence electrons. The first-order valence-electron chi connectivity index (χ1n) is 6.07. The second kappa shape index (κ2) is 4.45. The van der Waals surface area contributed by atoms with Gasteiger partial charge in [-0.15, -0.1) is 0 Å². The molecule has 4 nitrogen and oxygen atoms in total. The summed E-state index contributed by atoms with van der Waals surface area (Å²) < 4.78 is 0. The summed E-state index contributed by atoms with van der Waals surface area (Å²) in [5.74, 6) is -0.977. The predicted octanol–water partition coefficient (Wildman–Crippen LogP) is 1.68. The fraction of sp³-hybridized carbons (Fsp3) is 0.538. The molecule has 0 aliphatic heterocycles. The first-order valence-corrected chi connectivity index (χ1v) is 6.07. The Hall–Kier alpha value is -1.42. The molecule has 0 fully saturated rings. The van der Waals surface area contributed by atoms with Crippen molar-refractivity contribution in [3.8, 4) is 0 Å². The third-order valence-corrected chi connectivity index (χ3v) is 3.68. The van der Waals surface area contributed by atoms with E-state index in [9.17, 15) is 9.90 Å². The first-order chi connectivity index (χ1) is 8.10. The summed E-state index contributed by atoms with van der Waals surface area (Å²) in [5.41, 5.74) is 6.44. The van der Waals surface area contributed by atoms with Gasteiger partial charge in [0.25, 0.3) is 0 Å². The number of unbranched alkanes of at least 4 members (excludes halogenated alkanes) is 1. The summed E-state index contributed by atoms with van der Waals surface area (Å²) in [5, 5.41) is 9.44. The zero-order valence-electron chi connectivity index (χ0n) is 10.0. The Labute approximate surface area is 101 Å². The van der Waals surface area contributed by atoms with Gasteiger partial charge in [0, 0.05) is 17.5 Å². The smallest absolute Gasteiger partial charge is 0.328 e. The molecule has 1 heterocycles. The fourth-order valence-electron chi connectivity index (χ4n) is 2.66. The summed E-state index contributed by atoms with van der Waals surface area (Å²) in [7, 11) is 0. The Balaban J connectivity index is 2.37. The summed E-state index contributed by atoms with van der Waals surface area (Å²) in [4.78, 5) is 15.8. The van der Waals surface area contributed by atoms with Crippen molar-refractivity contribution in [1.29, 1.82) is 0 Å². The van der Waals surface area contributed by atoms with Crippen LogP contribution in [0.15, 0.2) is 18.3 Å². The lowest BCUT2D eigenvalue weighted by Crippen LogP contribution is -2.48. The zero-order chi connectivity index (χ0) is 12.5. The topological polar surface area (TPSA) is 76.2 Å². The van der Waals surface area contributed by atoms with E-state index in [2.05, 4.69) is 11.9 Å². The molecule has 1 aliphatic rings. The molecule has 2 rings (SSSR count). The molecule has 0 saturated heterocycles. The second-order valence-corrected chi connectivity index (χ2v) is 4.72. The fourth-order valence-corrected chi connectivity index (χ4v) is 2.66. The highest BCUT2D eigenvalue weighted by Crippen LogP contribution is 2.41. The van der Waals surface area contributed by atoms with Crippen molar-refractivity contribution in [2.24, 2.45) is 11.7 Å². The molecule has 1 aromatic heterocycles. The molecule has 1 aliphatic carbocycles. The number of fused-ring (bicyclic) bond motifs is 1. The van der Waals surface area contributed by atoms with Crippen molar-refractivity contribution in [3.05, 3.63) is 29.6 Å². The first kappa shape index (κ1) is 12.0. The normalized spacial score (nSPS) is 26.8. The van der Waals surface area contributed by atoms with Gasteiger partial charge in [0.05, 0.1) is 0 Å².